The van der Waals surface area contributed by atoms with Gasteiger partial charge in [0.2, 0.25) is 0 Å². The Kier molecular flexibility index (Phi) is 56.9. The summed E-state index contributed by atoms with van der Waals surface area (Å²) in [4.78, 5) is 71.5. The second kappa shape index (κ2) is 56.5. The second-order valence-electron chi connectivity index (χ2n) is 19.6. The van der Waals surface area contributed by atoms with Crippen LogP contribution in [0.5, 0.6) is 0 Å². The minimum Gasteiger partial charge on any atom is -0.465 e. The third kappa shape index (κ3) is 52.3. The maximum Gasteiger partial charge on any atom is 0.327 e. The second-order valence-corrected chi connectivity index (χ2v) is 24.4. The molecule has 0 radical (unpaired) electrons. The summed E-state index contributed by atoms with van der Waals surface area (Å²) in [7, 11) is -14.4. The number of carbonyl (C=O) groups excluding carboxylic acids is 6. The standard InChI is InChI=1S/C20H38O11S.C20H38O7S.C16H30O9S/c1-3-5-7-26-9-11-28-13-15-30-19(21)17-18(32(23,24)25)20(22)31-16-14-29-12-10-27-8-6-4-2;1-5-9-11-16(7-3)14-26-19(21)13-18(28(23,24)25)20(22)27-15-17(8-4)12-10-6-2;1-3-5-7-22-9-11-24-15(17)13-14(26(19,20)21)16(18)25-12-10-23-8-6-4-2/h18H,3-17H2,1-2H3,(H,23,24,25);16-18H,5-15H2,1-4H3,(H,23,24,25);14H,3-13H2,1-2H3,(H,19,20,21). The van der Waals surface area contributed by atoms with E-state index in [0.717, 1.165) is 103 Å². The third-order valence-electron chi connectivity index (χ3n) is 12.2. The van der Waals surface area contributed by atoms with Gasteiger partial charge in [0.25, 0.3) is 30.4 Å². The predicted molar refractivity (Wildman–Crippen MR) is 317 cm³/mol. The van der Waals surface area contributed by atoms with Crippen LogP contribution >= 0.6 is 0 Å². The van der Waals surface area contributed by atoms with Crippen molar-refractivity contribution in [3.63, 3.8) is 0 Å². The van der Waals surface area contributed by atoms with Gasteiger partial charge in [-0.15, -0.1) is 0 Å². The van der Waals surface area contributed by atoms with Crippen molar-refractivity contribution in [3.8, 4) is 0 Å². The fourth-order valence-electron chi connectivity index (χ4n) is 6.71. The van der Waals surface area contributed by atoms with Crippen LogP contribution in [0.4, 0.5) is 0 Å². The normalized spacial score (nSPS) is 13.3. The average Bonchev–Trinajstić information content (AvgIpc) is 2.74. The van der Waals surface area contributed by atoms with Crippen LogP contribution in [-0.2, 0) is 116 Å². The molecule has 27 nitrogen and oxygen atoms in total. The van der Waals surface area contributed by atoms with Crippen molar-refractivity contribution in [2.75, 3.05) is 119 Å². The van der Waals surface area contributed by atoms with Crippen molar-refractivity contribution in [2.24, 2.45) is 11.8 Å². The smallest absolute Gasteiger partial charge is 0.327 e. The van der Waals surface area contributed by atoms with Gasteiger partial charge in [0, 0.05) is 26.4 Å². The predicted octanol–water partition coefficient (Wildman–Crippen LogP) is 6.89. The van der Waals surface area contributed by atoms with Gasteiger partial charge in [0.1, 0.15) is 26.4 Å². The van der Waals surface area contributed by atoms with Gasteiger partial charge in [-0.1, -0.05) is 120 Å². The van der Waals surface area contributed by atoms with Gasteiger partial charge in [-0.3, -0.25) is 42.4 Å². The average molecular weight is 1310 g/mol. The summed E-state index contributed by atoms with van der Waals surface area (Å²) in [6.07, 6.45) is 12.7. The van der Waals surface area contributed by atoms with Gasteiger partial charge in [0.15, 0.2) is 15.7 Å². The molecule has 0 aliphatic rings. The summed E-state index contributed by atoms with van der Waals surface area (Å²) in [6.45, 7) is 20.0. The largest absolute Gasteiger partial charge is 0.465 e. The molecule has 0 saturated heterocycles. The van der Waals surface area contributed by atoms with Crippen molar-refractivity contribution < 1.29 is 125 Å². The summed E-state index contributed by atoms with van der Waals surface area (Å²) < 4.78 is 157. The summed E-state index contributed by atoms with van der Waals surface area (Å²) in [5.41, 5.74) is 0. The molecule has 0 aliphatic carbocycles. The Hall–Kier alpha value is -3.69. The zero-order valence-corrected chi connectivity index (χ0v) is 54.9. The molecule has 0 amide bonds. The minimum atomic E-state index is -4.85. The summed E-state index contributed by atoms with van der Waals surface area (Å²) in [5.74, 6) is -6.00. The highest BCUT2D eigenvalue weighted by Gasteiger charge is 2.38. The highest BCUT2D eigenvalue weighted by molar-refractivity contribution is 7.87. The molecule has 0 rings (SSSR count). The number of hydrogen-bond acceptors (Lipinski definition) is 24. The van der Waals surface area contributed by atoms with E-state index in [1.807, 2.05) is 27.7 Å². The van der Waals surface area contributed by atoms with E-state index in [1.54, 1.807) is 0 Å². The molecule has 0 fully saturated rings. The van der Waals surface area contributed by atoms with E-state index in [-0.39, 0.29) is 77.9 Å². The Balaban J connectivity index is -0.00000121. The lowest BCUT2D eigenvalue weighted by atomic mass is 10.0. The first-order valence-corrected chi connectivity index (χ1v) is 34.7. The molecule has 5 unspecified atom stereocenters. The van der Waals surface area contributed by atoms with E-state index in [9.17, 15) is 63.1 Å². The Morgan fingerprint density at radius 3 is 0.802 bits per heavy atom. The SMILES string of the molecule is CCCCC(CC)COC(=O)CC(C(=O)OCC(CC)CCCC)S(=O)(=O)O.CCCCOCCOC(=O)CC(C(=O)OCCOCCCC)S(=O)(=O)O.CCCCOCCOCCOC(=O)CC(C(=O)OCCOCCOCCCC)S(=O)(=O)O. The van der Waals surface area contributed by atoms with Gasteiger partial charge in [-0.25, -0.2) is 0 Å². The molecule has 0 aromatic carbocycles. The molecule has 0 saturated carbocycles. The Bertz CT molecular complexity index is 2070. The summed E-state index contributed by atoms with van der Waals surface area (Å²) >= 11 is 0. The van der Waals surface area contributed by atoms with Crippen LogP contribution in [0.15, 0.2) is 0 Å². The van der Waals surface area contributed by atoms with Crippen molar-refractivity contribution in [2.45, 2.75) is 193 Å². The zero-order valence-electron chi connectivity index (χ0n) is 52.4. The topological polar surface area (TPSA) is 376 Å². The lowest BCUT2D eigenvalue weighted by Crippen LogP contribution is -2.35. The van der Waals surface area contributed by atoms with E-state index >= 15 is 0 Å². The lowest BCUT2D eigenvalue weighted by Gasteiger charge is -2.18. The van der Waals surface area contributed by atoms with Gasteiger partial charge in [0.05, 0.1) is 85.3 Å². The molecule has 0 aliphatic heterocycles. The maximum atomic E-state index is 12.2. The summed E-state index contributed by atoms with van der Waals surface area (Å²) in [6, 6.07) is 0. The Morgan fingerprint density at radius 2 is 0.535 bits per heavy atom. The Morgan fingerprint density at radius 1 is 0.302 bits per heavy atom. The van der Waals surface area contributed by atoms with Crippen LogP contribution in [0.3, 0.4) is 0 Å². The highest BCUT2D eigenvalue weighted by Crippen LogP contribution is 2.18. The molecule has 0 bridgehead atoms. The van der Waals surface area contributed by atoms with Crippen LogP contribution in [0.2, 0.25) is 0 Å². The number of rotatable bonds is 54. The van der Waals surface area contributed by atoms with E-state index in [0.29, 0.717) is 52.9 Å². The molecular formula is C56H106O27S3. The summed E-state index contributed by atoms with van der Waals surface area (Å²) in [5, 5.41) is -6.04. The molecule has 30 heteroatoms. The van der Waals surface area contributed by atoms with E-state index in [4.69, 9.17) is 61.4 Å². The monoisotopic (exact) mass is 1310 g/mol. The van der Waals surface area contributed by atoms with Crippen molar-refractivity contribution >= 4 is 66.2 Å². The molecule has 86 heavy (non-hydrogen) atoms. The molecule has 0 aromatic rings. The number of hydrogen-bond donors (Lipinski definition) is 3. The number of carbonyl (C=O) groups is 6. The van der Waals surface area contributed by atoms with Crippen molar-refractivity contribution in [3.05, 3.63) is 0 Å². The van der Waals surface area contributed by atoms with Crippen LogP contribution in [0, 0.1) is 11.8 Å². The highest BCUT2D eigenvalue weighted by atomic mass is 32.2. The first-order valence-electron chi connectivity index (χ1n) is 30.2. The molecule has 5 atom stereocenters. The number of esters is 6. The maximum absolute atomic E-state index is 12.2. The van der Waals surface area contributed by atoms with Gasteiger partial charge in [-0.05, 0) is 50.4 Å². The number of unbranched alkanes of at least 4 members (excludes halogenated alkanes) is 6. The molecular weight excluding hydrogens is 1200 g/mol. The van der Waals surface area contributed by atoms with Gasteiger partial charge in [-0.2, -0.15) is 25.3 Å². The third-order valence-corrected chi connectivity index (χ3v) is 15.4. The molecule has 0 heterocycles. The van der Waals surface area contributed by atoms with Crippen molar-refractivity contribution in [1.82, 2.24) is 0 Å². The quantitative estimate of drug-likeness (QED) is 0.0241. The zero-order chi connectivity index (χ0) is 65.5. The van der Waals surface area contributed by atoms with Crippen LogP contribution < -0.4 is 0 Å². The lowest BCUT2D eigenvalue weighted by molar-refractivity contribution is -0.151. The first kappa shape index (κ1) is 86.5. The van der Waals surface area contributed by atoms with E-state index in [1.165, 1.54) is 0 Å². The molecule has 0 aromatic heterocycles. The van der Waals surface area contributed by atoms with Gasteiger partial charge >= 0.3 is 35.8 Å². The molecule has 0 spiro atoms. The molecule has 3 N–H and O–H groups in total. The fourth-order valence-corrected chi connectivity index (χ4v) is 8.69. The fraction of sp³-hybridized carbons (Fsp3) is 0.893. The van der Waals surface area contributed by atoms with E-state index < -0.39 is 101 Å². The van der Waals surface area contributed by atoms with Crippen LogP contribution in [0.1, 0.15) is 177 Å². The molecule has 510 valence electrons. The van der Waals surface area contributed by atoms with Crippen molar-refractivity contribution in [1.29, 1.82) is 0 Å². The van der Waals surface area contributed by atoms with E-state index in [2.05, 4.69) is 27.7 Å². The first-order chi connectivity index (χ1) is 40.8. The number of ether oxygens (including phenoxy) is 12. The Labute approximate surface area is 512 Å². The van der Waals surface area contributed by atoms with Crippen LogP contribution in [0.25, 0.3) is 0 Å². The minimum absolute atomic E-state index is 0.0189. The van der Waals surface area contributed by atoms with Gasteiger partial charge < -0.3 is 56.8 Å². The van der Waals surface area contributed by atoms with Crippen LogP contribution in [-0.4, -0.2) is 209 Å².